The van der Waals surface area contributed by atoms with E-state index in [9.17, 15) is 0 Å². The predicted octanol–water partition coefficient (Wildman–Crippen LogP) is 3.23. The number of rotatable bonds is 4. The Kier molecular flexibility index (Phi) is 4.98. The second-order valence-electron chi connectivity index (χ2n) is 5.86. The zero-order valence-electron chi connectivity index (χ0n) is 12.7. The van der Waals surface area contributed by atoms with Gasteiger partial charge in [0.15, 0.2) is 0 Å². The van der Waals surface area contributed by atoms with Crippen LogP contribution in [0.25, 0.3) is 0 Å². The molecule has 0 aliphatic carbocycles. The summed E-state index contributed by atoms with van der Waals surface area (Å²) in [6.45, 7) is 12.5. The minimum absolute atomic E-state index is 0.246. The molecule has 0 spiro atoms. The molecule has 1 N–H and O–H groups in total. The van der Waals surface area contributed by atoms with E-state index in [1.807, 2.05) is 17.5 Å². The van der Waals surface area contributed by atoms with Crippen LogP contribution in [0.4, 0.5) is 0 Å². The van der Waals surface area contributed by atoms with Crippen LogP contribution in [-0.2, 0) is 6.42 Å². The molecule has 1 saturated heterocycles. The van der Waals surface area contributed by atoms with E-state index < -0.39 is 0 Å². The summed E-state index contributed by atoms with van der Waals surface area (Å²) >= 11 is 1.88. The van der Waals surface area contributed by atoms with Gasteiger partial charge in [-0.25, -0.2) is 4.98 Å². The van der Waals surface area contributed by atoms with Crippen molar-refractivity contribution in [2.75, 3.05) is 19.6 Å². The average Bonchev–Trinajstić information content (AvgIpc) is 2.81. The Morgan fingerprint density at radius 3 is 2.95 bits per heavy atom. The third-order valence-electron chi connectivity index (χ3n) is 4.33. The molecule has 4 heteroatoms. The summed E-state index contributed by atoms with van der Waals surface area (Å²) < 4.78 is 0. The smallest absolute Gasteiger partial charge is 0.110 e. The number of hydrogen-bond acceptors (Lipinski definition) is 4. The van der Waals surface area contributed by atoms with Crippen LogP contribution >= 0.6 is 11.3 Å². The third-order valence-corrected chi connectivity index (χ3v) is 5.64. The van der Waals surface area contributed by atoms with E-state index in [0.717, 1.165) is 19.5 Å². The molecule has 2 atom stereocenters. The summed E-state index contributed by atoms with van der Waals surface area (Å²) in [5.41, 5.74) is 0.246. The molecular weight excluding hydrogens is 254 g/mol. The summed E-state index contributed by atoms with van der Waals surface area (Å²) in [5.74, 6) is 0. The van der Waals surface area contributed by atoms with E-state index in [4.69, 9.17) is 0 Å². The number of nitrogens with one attached hydrogen (secondary N) is 1. The molecule has 2 heterocycles. The van der Waals surface area contributed by atoms with Crippen LogP contribution in [0.2, 0.25) is 0 Å². The van der Waals surface area contributed by atoms with Crippen LogP contribution in [0.5, 0.6) is 0 Å². The second-order valence-corrected chi connectivity index (χ2v) is 7.01. The summed E-state index contributed by atoms with van der Waals surface area (Å²) in [6.07, 6.45) is 5.55. The molecule has 1 aliphatic rings. The van der Waals surface area contributed by atoms with Gasteiger partial charge in [-0.3, -0.25) is 4.90 Å². The Morgan fingerprint density at radius 1 is 1.53 bits per heavy atom. The van der Waals surface area contributed by atoms with Gasteiger partial charge in [0.25, 0.3) is 0 Å². The predicted molar refractivity (Wildman–Crippen MR) is 82.8 cm³/mol. The maximum Gasteiger partial charge on any atom is 0.110 e. The summed E-state index contributed by atoms with van der Waals surface area (Å²) in [5, 5.41) is 4.98. The van der Waals surface area contributed by atoms with Crippen molar-refractivity contribution in [1.82, 2.24) is 15.2 Å². The van der Waals surface area contributed by atoms with Crippen molar-refractivity contribution in [3.8, 4) is 0 Å². The van der Waals surface area contributed by atoms with Crippen molar-refractivity contribution in [2.24, 2.45) is 0 Å². The van der Waals surface area contributed by atoms with Crippen LogP contribution < -0.4 is 5.32 Å². The lowest BCUT2D eigenvalue weighted by atomic mass is 9.98. The van der Waals surface area contributed by atoms with Crippen LogP contribution in [0.15, 0.2) is 6.20 Å². The van der Waals surface area contributed by atoms with Crippen molar-refractivity contribution in [3.63, 3.8) is 0 Å². The number of hydrogen-bond donors (Lipinski definition) is 1. The molecule has 1 fully saturated rings. The molecule has 1 aromatic rings. The Balaban J connectivity index is 2.10. The molecule has 2 unspecified atom stereocenters. The molecule has 0 amide bonds. The molecule has 3 nitrogen and oxygen atoms in total. The lowest BCUT2D eigenvalue weighted by molar-refractivity contribution is 0.169. The summed E-state index contributed by atoms with van der Waals surface area (Å²) in [7, 11) is 0. The molecule has 108 valence electrons. The fourth-order valence-electron chi connectivity index (χ4n) is 2.66. The van der Waals surface area contributed by atoms with Crippen LogP contribution in [0.1, 0.15) is 56.5 Å². The zero-order valence-corrected chi connectivity index (χ0v) is 13.5. The molecule has 0 bridgehead atoms. The molecule has 0 radical (unpaired) electrons. The van der Waals surface area contributed by atoms with Crippen LogP contribution in [-0.4, -0.2) is 35.1 Å². The first-order valence-electron chi connectivity index (χ1n) is 7.51. The molecule has 0 aromatic carbocycles. The maximum atomic E-state index is 4.62. The van der Waals surface area contributed by atoms with Crippen molar-refractivity contribution in [3.05, 3.63) is 16.1 Å². The van der Waals surface area contributed by atoms with Gasteiger partial charge >= 0.3 is 0 Å². The van der Waals surface area contributed by atoms with E-state index in [2.05, 4.69) is 42.9 Å². The van der Waals surface area contributed by atoms with E-state index in [-0.39, 0.29) is 5.54 Å². The van der Waals surface area contributed by atoms with Gasteiger partial charge in [0.05, 0.1) is 6.04 Å². The highest BCUT2D eigenvalue weighted by Gasteiger charge is 2.30. The van der Waals surface area contributed by atoms with E-state index in [1.165, 1.54) is 29.3 Å². The van der Waals surface area contributed by atoms with Gasteiger partial charge in [0, 0.05) is 29.7 Å². The lowest BCUT2D eigenvalue weighted by Crippen LogP contribution is -2.48. The minimum atomic E-state index is 0.246. The largest absolute Gasteiger partial charge is 0.310 e. The van der Waals surface area contributed by atoms with Crippen molar-refractivity contribution >= 4 is 11.3 Å². The Morgan fingerprint density at radius 2 is 2.32 bits per heavy atom. The summed E-state index contributed by atoms with van der Waals surface area (Å²) in [6, 6.07) is 0.441. The van der Waals surface area contributed by atoms with E-state index >= 15 is 0 Å². The highest BCUT2D eigenvalue weighted by Crippen LogP contribution is 2.28. The van der Waals surface area contributed by atoms with Crippen molar-refractivity contribution in [2.45, 2.75) is 58.5 Å². The number of aromatic nitrogens is 1. The highest BCUT2D eigenvalue weighted by molar-refractivity contribution is 7.11. The minimum Gasteiger partial charge on any atom is -0.310 e. The Bertz CT molecular complexity index is 404. The lowest BCUT2D eigenvalue weighted by Gasteiger charge is -2.35. The quantitative estimate of drug-likeness (QED) is 0.918. The fourth-order valence-corrected chi connectivity index (χ4v) is 3.60. The average molecular weight is 281 g/mol. The molecule has 2 rings (SSSR count). The monoisotopic (exact) mass is 281 g/mol. The first kappa shape index (κ1) is 14.9. The third kappa shape index (κ3) is 3.56. The Hall–Kier alpha value is -0.450. The number of nitrogens with zero attached hydrogens (tertiary/aromatic N) is 2. The molecule has 0 saturated carbocycles. The SMILES string of the molecule is CCc1cnc(C(C)N2CCCNC(C)(CC)C2)s1. The Labute approximate surface area is 121 Å². The van der Waals surface area contributed by atoms with Gasteiger partial charge in [-0.05, 0) is 39.7 Å². The highest BCUT2D eigenvalue weighted by atomic mass is 32.1. The van der Waals surface area contributed by atoms with Gasteiger partial charge in [-0.2, -0.15) is 0 Å². The second kappa shape index (κ2) is 6.33. The molecular formula is C15H27N3S. The molecule has 19 heavy (non-hydrogen) atoms. The van der Waals surface area contributed by atoms with Crippen molar-refractivity contribution in [1.29, 1.82) is 0 Å². The topological polar surface area (TPSA) is 28.2 Å². The van der Waals surface area contributed by atoms with Gasteiger partial charge in [-0.1, -0.05) is 13.8 Å². The van der Waals surface area contributed by atoms with Crippen molar-refractivity contribution < 1.29 is 0 Å². The first-order valence-corrected chi connectivity index (χ1v) is 8.33. The standard InChI is InChI=1S/C15H27N3S/c1-5-13-10-16-14(19-13)12(3)18-9-7-8-17-15(4,6-2)11-18/h10,12,17H,5-9,11H2,1-4H3. The zero-order chi connectivity index (χ0) is 13.9. The van der Waals surface area contributed by atoms with E-state index in [0.29, 0.717) is 6.04 Å². The van der Waals surface area contributed by atoms with E-state index in [1.54, 1.807) is 0 Å². The fraction of sp³-hybridized carbons (Fsp3) is 0.800. The summed E-state index contributed by atoms with van der Waals surface area (Å²) in [4.78, 5) is 8.62. The van der Waals surface area contributed by atoms with Gasteiger partial charge in [0.2, 0.25) is 0 Å². The van der Waals surface area contributed by atoms with Crippen LogP contribution in [0.3, 0.4) is 0 Å². The normalized spacial score (nSPS) is 27.2. The maximum absolute atomic E-state index is 4.62. The number of aryl methyl sites for hydroxylation is 1. The van der Waals surface area contributed by atoms with Gasteiger partial charge in [0.1, 0.15) is 5.01 Å². The van der Waals surface area contributed by atoms with Crippen LogP contribution in [0, 0.1) is 0 Å². The number of thiazole rings is 1. The first-order chi connectivity index (χ1) is 9.08. The molecule has 1 aliphatic heterocycles. The van der Waals surface area contributed by atoms with Gasteiger partial charge < -0.3 is 5.32 Å². The van der Waals surface area contributed by atoms with Gasteiger partial charge in [-0.15, -0.1) is 11.3 Å². The molecule has 1 aromatic heterocycles.